The van der Waals surface area contributed by atoms with Gasteiger partial charge in [0.25, 0.3) is 0 Å². The number of hydrogen-bond donors (Lipinski definition) is 2. The number of benzene rings is 3. The van der Waals surface area contributed by atoms with Gasteiger partial charge in [0.15, 0.2) is 0 Å². The molecule has 0 saturated heterocycles. The first-order valence-corrected chi connectivity index (χ1v) is 13.3. The molecule has 0 spiro atoms. The third kappa shape index (κ3) is 5.73. The number of likely N-dealkylation sites (N-methyl/N-ethyl adjacent to an activating group) is 1. The highest BCUT2D eigenvalue weighted by atomic mass is 32.1. The van der Waals surface area contributed by atoms with E-state index in [1.54, 1.807) is 0 Å². The van der Waals surface area contributed by atoms with E-state index in [0.29, 0.717) is 4.99 Å². The second-order valence-corrected chi connectivity index (χ2v) is 10.9. The number of carbonyl (C=O) groups excluding carboxylic acids is 2. The number of thiocarbonyl (C=S) groups is 1. The number of nitrogens with one attached hydrogen (secondary N) is 2. The minimum absolute atomic E-state index is 0.0516. The number of rotatable bonds is 8. The first-order valence-electron chi connectivity index (χ1n) is 12.9. The number of fused-ring (bicyclic) bond motifs is 3. The molecule has 4 rings (SSSR count). The Bertz CT molecular complexity index is 1280. The predicted octanol–water partition coefficient (Wildman–Crippen LogP) is 5.91. The molecular formula is C31H35N3O3S. The maximum atomic E-state index is 13.3. The Balaban J connectivity index is 1.40. The van der Waals surface area contributed by atoms with E-state index < -0.39 is 17.7 Å². The summed E-state index contributed by atoms with van der Waals surface area (Å²) in [6.45, 7) is 7.67. The van der Waals surface area contributed by atoms with Gasteiger partial charge in [0.1, 0.15) is 17.6 Å². The zero-order valence-corrected chi connectivity index (χ0v) is 23.3. The third-order valence-electron chi connectivity index (χ3n) is 6.98. The lowest BCUT2D eigenvalue weighted by molar-refractivity contribution is -0.125. The number of alkyl carbamates (subject to hydrolysis) is 1. The summed E-state index contributed by atoms with van der Waals surface area (Å²) in [5, 5.41) is 5.81. The van der Waals surface area contributed by atoms with Gasteiger partial charge in [-0.1, -0.05) is 92.8 Å². The monoisotopic (exact) mass is 529 g/mol. The van der Waals surface area contributed by atoms with Crippen LogP contribution in [0.2, 0.25) is 0 Å². The van der Waals surface area contributed by atoms with Crippen molar-refractivity contribution in [3.05, 3.63) is 90.0 Å². The van der Waals surface area contributed by atoms with Crippen LogP contribution in [-0.4, -0.2) is 42.2 Å². The van der Waals surface area contributed by atoms with Gasteiger partial charge in [0, 0.05) is 18.7 Å². The van der Waals surface area contributed by atoms with Crippen LogP contribution in [0.3, 0.4) is 0 Å². The van der Waals surface area contributed by atoms with Crippen molar-refractivity contribution in [1.82, 2.24) is 10.6 Å². The van der Waals surface area contributed by atoms with Gasteiger partial charge in [-0.05, 0) is 54.2 Å². The minimum Gasteiger partial charge on any atom is -0.449 e. The molecule has 38 heavy (non-hydrogen) atoms. The summed E-state index contributed by atoms with van der Waals surface area (Å²) >= 11 is 5.72. The fourth-order valence-electron chi connectivity index (χ4n) is 4.93. The molecule has 3 aromatic rings. The number of anilines is 1. The fraction of sp³-hybridized carbons (Fsp3) is 0.323. The smallest absolute Gasteiger partial charge is 0.407 e. The maximum absolute atomic E-state index is 13.3. The highest BCUT2D eigenvalue weighted by Gasteiger charge is 2.34. The van der Waals surface area contributed by atoms with Crippen LogP contribution in [0.1, 0.15) is 44.7 Å². The van der Waals surface area contributed by atoms with Crippen molar-refractivity contribution < 1.29 is 14.3 Å². The average molecular weight is 530 g/mol. The van der Waals surface area contributed by atoms with E-state index in [1.807, 2.05) is 94.2 Å². The van der Waals surface area contributed by atoms with Crippen molar-refractivity contribution in [2.45, 2.75) is 45.2 Å². The lowest BCUT2D eigenvalue weighted by Gasteiger charge is -2.35. The lowest BCUT2D eigenvalue weighted by atomic mass is 9.98. The van der Waals surface area contributed by atoms with E-state index in [4.69, 9.17) is 17.0 Å². The van der Waals surface area contributed by atoms with Gasteiger partial charge in [0.2, 0.25) is 5.91 Å². The van der Waals surface area contributed by atoms with E-state index in [-0.39, 0.29) is 24.3 Å². The molecule has 0 unspecified atom stereocenters. The van der Waals surface area contributed by atoms with Crippen LogP contribution in [-0.2, 0) is 9.53 Å². The molecule has 0 heterocycles. The molecule has 0 bridgehead atoms. The summed E-state index contributed by atoms with van der Waals surface area (Å²) < 4.78 is 5.68. The number of para-hydroxylation sites is 1. The number of hydrogen-bond acceptors (Lipinski definition) is 4. The molecule has 0 aromatic heterocycles. The minimum atomic E-state index is -0.826. The van der Waals surface area contributed by atoms with Crippen LogP contribution in [0.5, 0.6) is 0 Å². The van der Waals surface area contributed by atoms with Crippen molar-refractivity contribution in [2.24, 2.45) is 5.92 Å². The fourth-order valence-corrected chi connectivity index (χ4v) is 5.09. The summed E-state index contributed by atoms with van der Waals surface area (Å²) in [6, 6.07) is 25.3. The Hall–Kier alpha value is -3.71. The van der Waals surface area contributed by atoms with Crippen molar-refractivity contribution in [2.75, 3.05) is 18.6 Å². The van der Waals surface area contributed by atoms with E-state index in [2.05, 4.69) is 34.9 Å². The lowest BCUT2D eigenvalue weighted by Crippen LogP contribution is -2.60. The van der Waals surface area contributed by atoms with Gasteiger partial charge in [0.05, 0.1) is 5.54 Å². The Kier molecular flexibility index (Phi) is 8.17. The van der Waals surface area contributed by atoms with Crippen molar-refractivity contribution in [1.29, 1.82) is 0 Å². The Morgan fingerprint density at radius 1 is 0.921 bits per heavy atom. The molecule has 1 atom stereocenters. The van der Waals surface area contributed by atoms with Gasteiger partial charge in [-0.3, -0.25) is 4.79 Å². The molecule has 1 aliphatic carbocycles. The number of nitrogens with zero attached hydrogens (tertiary/aromatic N) is 1. The van der Waals surface area contributed by atoms with Crippen LogP contribution in [0, 0.1) is 5.92 Å². The molecule has 7 heteroatoms. The van der Waals surface area contributed by atoms with Crippen molar-refractivity contribution in [3.8, 4) is 11.1 Å². The van der Waals surface area contributed by atoms with E-state index >= 15 is 0 Å². The zero-order chi connectivity index (χ0) is 27.4. The SMILES string of the molecule is CC(C)[C@H](NC(=O)OCC1c2ccccc2-c2ccccc21)C(=O)NC(C)(C)C(=S)N(C)c1ccccc1. The molecular weight excluding hydrogens is 494 g/mol. The highest BCUT2D eigenvalue weighted by Crippen LogP contribution is 2.44. The van der Waals surface area contributed by atoms with Gasteiger partial charge >= 0.3 is 6.09 Å². The maximum Gasteiger partial charge on any atom is 0.407 e. The van der Waals surface area contributed by atoms with Gasteiger partial charge < -0.3 is 20.3 Å². The normalized spacial score (nSPS) is 13.3. The first kappa shape index (κ1) is 27.3. The molecule has 1 aliphatic rings. The molecule has 198 valence electrons. The van der Waals surface area contributed by atoms with Crippen molar-refractivity contribution >= 4 is 34.9 Å². The molecule has 0 radical (unpaired) electrons. The van der Waals surface area contributed by atoms with Gasteiger partial charge in [-0.25, -0.2) is 4.79 Å². The highest BCUT2D eigenvalue weighted by molar-refractivity contribution is 7.80. The summed E-state index contributed by atoms with van der Waals surface area (Å²) in [4.78, 5) is 28.6. The Labute approximate surface area is 230 Å². The molecule has 6 nitrogen and oxygen atoms in total. The molecule has 0 saturated carbocycles. The van der Waals surface area contributed by atoms with Crippen LogP contribution in [0.25, 0.3) is 11.1 Å². The van der Waals surface area contributed by atoms with Gasteiger partial charge in [-0.15, -0.1) is 0 Å². The van der Waals surface area contributed by atoms with Crippen LogP contribution in [0.15, 0.2) is 78.9 Å². The predicted molar refractivity (Wildman–Crippen MR) is 156 cm³/mol. The Morgan fingerprint density at radius 2 is 1.45 bits per heavy atom. The van der Waals surface area contributed by atoms with Gasteiger partial charge in [-0.2, -0.15) is 0 Å². The molecule has 0 aliphatic heterocycles. The summed E-state index contributed by atoms with van der Waals surface area (Å²) in [7, 11) is 1.88. The number of amides is 2. The molecule has 0 fully saturated rings. The van der Waals surface area contributed by atoms with E-state index in [0.717, 1.165) is 27.9 Å². The summed E-state index contributed by atoms with van der Waals surface area (Å²) in [5.74, 6) is -0.529. The van der Waals surface area contributed by atoms with E-state index in [9.17, 15) is 9.59 Å². The largest absolute Gasteiger partial charge is 0.449 e. The van der Waals surface area contributed by atoms with E-state index in [1.165, 1.54) is 0 Å². The summed E-state index contributed by atoms with van der Waals surface area (Å²) in [5.41, 5.74) is 4.70. The first-order chi connectivity index (χ1) is 18.1. The quantitative estimate of drug-likeness (QED) is 0.355. The standard InChI is InChI=1S/C31H35N3O3S/c1-20(2)27(28(35)33-31(3,4)29(38)34(5)21-13-7-6-8-14-21)32-30(36)37-19-26-24-17-11-9-15-22(24)23-16-10-12-18-25(23)26/h6-18,20,26-27H,19H2,1-5H3,(H,32,36)(H,33,35)/t27-/m0/s1. The molecule has 3 aromatic carbocycles. The average Bonchev–Trinajstić information content (AvgIpc) is 3.23. The second-order valence-electron chi connectivity index (χ2n) is 10.5. The summed E-state index contributed by atoms with van der Waals surface area (Å²) in [6.07, 6.45) is -0.623. The third-order valence-corrected chi connectivity index (χ3v) is 7.77. The number of carbonyl (C=O) groups is 2. The van der Waals surface area contributed by atoms with Crippen LogP contribution in [0.4, 0.5) is 10.5 Å². The van der Waals surface area contributed by atoms with Crippen LogP contribution < -0.4 is 15.5 Å². The Morgan fingerprint density at radius 3 is 2.00 bits per heavy atom. The zero-order valence-electron chi connectivity index (χ0n) is 22.5. The topological polar surface area (TPSA) is 70.7 Å². The number of ether oxygens (including phenoxy) is 1. The second kappa shape index (κ2) is 11.4. The molecule has 2 N–H and O–H groups in total. The molecule has 2 amide bonds. The van der Waals surface area contributed by atoms with Crippen LogP contribution >= 0.6 is 12.2 Å². The van der Waals surface area contributed by atoms with Crippen molar-refractivity contribution in [3.63, 3.8) is 0 Å².